The van der Waals surface area contributed by atoms with E-state index in [2.05, 4.69) is 10.4 Å². The van der Waals surface area contributed by atoms with Gasteiger partial charge in [-0.15, -0.1) is 0 Å². The molecule has 1 saturated heterocycles. The van der Waals surface area contributed by atoms with Gasteiger partial charge in [-0.25, -0.2) is 13.9 Å². The van der Waals surface area contributed by atoms with Gasteiger partial charge in [-0.1, -0.05) is 0 Å². The lowest BCUT2D eigenvalue weighted by Gasteiger charge is -2.20. The molecule has 2 aromatic rings. The topological polar surface area (TPSA) is 94.2 Å². The molecule has 0 bridgehead atoms. The maximum atomic E-state index is 13.0. The summed E-state index contributed by atoms with van der Waals surface area (Å²) in [5.74, 6) is -0.299. The Kier molecular flexibility index (Phi) is 5.19. The number of hydrogen-bond acceptors (Lipinski definition) is 4. The molecule has 1 aromatic carbocycles. The number of carbonyl (C=O) groups excluding carboxylic acids is 1. The highest BCUT2D eigenvalue weighted by molar-refractivity contribution is 5.74. The van der Waals surface area contributed by atoms with Crippen molar-refractivity contribution in [2.75, 3.05) is 19.6 Å². The van der Waals surface area contributed by atoms with Crippen LogP contribution in [0, 0.1) is 17.1 Å². The number of β-amino-alcohol motifs (C(OH)–C–C–N with tert-alkyl or cyclic N) is 1. The van der Waals surface area contributed by atoms with Crippen molar-refractivity contribution in [1.82, 2.24) is 20.0 Å². The molecule has 1 aromatic heterocycles. The number of aliphatic hydroxyl groups is 1. The summed E-state index contributed by atoms with van der Waals surface area (Å²) < 4.78 is 14.6. The predicted octanol–water partition coefficient (Wildman–Crippen LogP) is 1.61. The normalized spacial score (nSPS) is 19.3. The Morgan fingerprint density at radius 1 is 1.38 bits per heavy atom. The molecule has 8 heteroatoms. The van der Waals surface area contributed by atoms with Crippen LogP contribution in [-0.2, 0) is 6.42 Å². The van der Waals surface area contributed by atoms with Gasteiger partial charge in [-0.2, -0.15) is 10.4 Å². The number of nitriles is 1. The van der Waals surface area contributed by atoms with Gasteiger partial charge < -0.3 is 15.3 Å². The monoisotopic (exact) mass is 357 g/mol. The number of amides is 2. The second-order valence-corrected chi connectivity index (χ2v) is 6.44. The molecule has 1 aliphatic heterocycles. The van der Waals surface area contributed by atoms with Crippen molar-refractivity contribution in [3.05, 3.63) is 48.0 Å². The van der Waals surface area contributed by atoms with E-state index in [1.807, 2.05) is 12.1 Å². The first-order chi connectivity index (χ1) is 12.5. The zero-order valence-corrected chi connectivity index (χ0v) is 14.2. The molecule has 136 valence electrons. The molecule has 1 fully saturated rings. The van der Waals surface area contributed by atoms with Crippen molar-refractivity contribution in [2.45, 2.75) is 24.9 Å². The first-order valence-electron chi connectivity index (χ1n) is 8.42. The summed E-state index contributed by atoms with van der Waals surface area (Å²) in [6.07, 6.45) is 2.77. The van der Waals surface area contributed by atoms with Crippen molar-refractivity contribution in [1.29, 1.82) is 5.26 Å². The molecule has 2 N–H and O–H groups in total. The molecule has 0 aliphatic carbocycles. The predicted molar refractivity (Wildman–Crippen MR) is 92.0 cm³/mol. The van der Waals surface area contributed by atoms with Crippen LogP contribution in [0.15, 0.2) is 36.5 Å². The maximum Gasteiger partial charge on any atom is 0.317 e. The molecule has 1 unspecified atom stereocenters. The van der Waals surface area contributed by atoms with Gasteiger partial charge >= 0.3 is 6.03 Å². The molecule has 2 amide bonds. The molecule has 26 heavy (non-hydrogen) atoms. The highest BCUT2D eigenvalue weighted by Crippen LogP contribution is 2.24. The van der Waals surface area contributed by atoms with Crippen molar-refractivity contribution < 1.29 is 14.3 Å². The first kappa shape index (κ1) is 17.9. The Balaban J connectivity index is 1.48. The Morgan fingerprint density at radius 3 is 2.88 bits per heavy atom. The van der Waals surface area contributed by atoms with Crippen LogP contribution in [0.4, 0.5) is 9.18 Å². The minimum atomic E-state index is -1.10. The smallest absolute Gasteiger partial charge is 0.317 e. The summed E-state index contributed by atoms with van der Waals surface area (Å²) in [7, 11) is 0. The Labute approximate surface area is 150 Å². The summed E-state index contributed by atoms with van der Waals surface area (Å²) in [5, 5.41) is 26.1. The largest absolute Gasteiger partial charge is 0.387 e. The van der Waals surface area contributed by atoms with E-state index in [9.17, 15) is 14.3 Å². The van der Waals surface area contributed by atoms with Crippen molar-refractivity contribution in [2.24, 2.45) is 0 Å². The molecular weight excluding hydrogens is 337 g/mol. The van der Waals surface area contributed by atoms with E-state index >= 15 is 0 Å². The molecule has 0 radical (unpaired) electrons. The number of hydrogen-bond donors (Lipinski definition) is 2. The van der Waals surface area contributed by atoms with Crippen LogP contribution >= 0.6 is 0 Å². The third-order valence-electron chi connectivity index (χ3n) is 4.42. The van der Waals surface area contributed by atoms with Crippen LogP contribution in [-0.4, -0.2) is 51.1 Å². The van der Waals surface area contributed by atoms with Crippen LogP contribution in [0.5, 0.6) is 0 Å². The minimum Gasteiger partial charge on any atom is -0.387 e. The van der Waals surface area contributed by atoms with Crippen molar-refractivity contribution in [3.63, 3.8) is 0 Å². The number of carbonyl (C=O) groups is 1. The number of aromatic nitrogens is 2. The van der Waals surface area contributed by atoms with Gasteiger partial charge in [0, 0.05) is 25.7 Å². The fraction of sp³-hybridized carbons (Fsp3) is 0.389. The molecule has 0 spiro atoms. The third kappa shape index (κ3) is 4.18. The third-order valence-corrected chi connectivity index (χ3v) is 4.42. The van der Waals surface area contributed by atoms with Crippen LogP contribution < -0.4 is 5.32 Å². The van der Waals surface area contributed by atoms with Gasteiger partial charge in [0.15, 0.2) is 0 Å². The lowest BCUT2D eigenvalue weighted by molar-refractivity contribution is 0.0572. The lowest BCUT2D eigenvalue weighted by Crippen LogP contribution is -2.42. The molecule has 1 atom stereocenters. The molecule has 0 saturated carbocycles. The number of halogens is 1. The van der Waals surface area contributed by atoms with E-state index in [0.717, 1.165) is 11.4 Å². The average Bonchev–Trinajstić information content (AvgIpc) is 3.23. The lowest BCUT2D eigenvalue weighted by atomic mass is 10.0. The standard InChI is InChI=1S/C18H20FN5O2/c19-14-1-3-16(4-2-14)24-11-6-15(22-24)5-10-21-17(25)23-12-8-18(26,13-23)7-9-20/h1-4,6,11,26H,5,7-8,10,12-13H2,(H,21,25). The van der Waals surface area contributed by atoms with Crippen LogP contribution in [0.25, 0.3) is 5.69 Å². The summed E-state index contributed by atoms with van der Waals surface area (Å²) in [6, 6.07) is 9.58. The fourth-order valence-corrected chi connectivity index (χ4v) is 2.96. The van der Waals surface area contributed by atoms with Crippen LogP contribution in [0.2, 0.25) is 0 Å². The first-order valence-corrected chi connectivity index (χ1v) is 8.42. The van der Waals surface area contributed by atoms with Crippen molar-refractivity contribution in [3.8, 4) is 11.8 Å². The van der Waals surface area contributed by atoms with E-state index < -0.39 is 5.60 Å². The van der Waals surface area contributed by atoms with Gasteiger partial charge in [0.05, 0.1) is 36.0 Å². The van der Waals surface area contributed by atoms with E-state index in [4.69, 9.17) is 5.26 Å². The Morgan fingerprint density at radius 2 is 2.15 bits per heavy atom. The van der Waals surface area contributed by atoms with E-state index in [1.54, 1.807) is 23.0 Å². The molecular formula is C18H20FN5O2. The summed E-state index contributed by atoms with van der Waals surface area (Å²) in [5.41, 5.74) is 0.465. The zero-order valence-electron chi connectivity index (χ0n) is 14.2. The number of likely N-dealkylation sites (tertiary alicyclic amines) is 1. The second kappa shape index (κ2) is 7.54. The van der Waals surface area contributed by atoms with Gasteiger partial charge in [-0.05, 0) is 36.8 Å². The highest BCUT2D eigenvalue weighted by Gasteiger charge is 2.37. The molecule has 2 heterocycles. The minimum absolute atomic E-state index is 0.0254. The zero-order chi connectivity index (χ0) is 18.6. The molecule has 3 rings (SSSR count). The van der Waals surface area contributed by atoms with Crippen molar-refractivity contribution >= 4 is 6.03 Å². The van der Waals surface area contributed by atoms with Crippen LogP contribution in [0.3, 0.4) is 0 Å². The summed E-state index contributed by atoms with van der Waals surface area (Å²) in [6.45, 7) is 1.02. The number of nitrogens with one attached hydrogen (secondary N) is 1. The van der Waals surface area contributed by atoms with E-state index in [-0.39, 0.29) is 24.8 Å². The van der Waals surface area contributed by atoms with E-state index in [0.29, 0.717) is 25.9 Å². The number of nitrogens with zero attached hydrogens (tertiary/aromatic N) is 4. The molecule has 7 nitrogen and oxygen atoms in total. The van der Waals surface area contributed by atoms with Gasteiger partial charge in [-0.3, -0.25) is 0 Å². The molecule has 1 aliphatic rings. The fourth-order valence-electron chi connectivity index (χ4n) is 2.96. The van der Waals surface area contributed by atoms with Gasteiger partial charge in [0.25, 0.3) is 0 Å². The second-order valence-electron chi connectivity index (χ2n) is 6.44. The Bertz CT molecular complexity index is 814. The number of urea groups is 1. The summed E-state index contributed by atoms with van der Waals surface area (Å²) >= 11 is 0. The number of rotatable bonds is 5. The number of benzene rings is 1. The quantitative estimate of drug-likeness (QED) is 0.850. The van der Waals surface area contributed by atoms with Gasteiger partial charge in [0.1, 0.15) is 5.82 Å². The maximum absolute atomic E-state index is 13.0. The van der Waals surface area contributed by atoms with Crippen LogP contribution in [0.1, 0.15) is 18.5 Å². The highest BCUT2D eigenvalue weighted by atomic mass is 19.1. The Hall–Kier alpha value is -2.92. The van der Waals surface area contributed by atoms with E-state index in [1.165, 1.54) is 17.0 Å². The van der Waals surface area contributed by atoms with Gasteiger partial charge in [0.2, 0.25) is 0 Å². The average molecular weight is 357 g/mol. The summed E-state index contributed by atoms with van der Waals surface area (Å²) in [4.78, 5) is 13.7. The SMILES string of the molecule is N#CCC1(O)CCN(C(=O)NCCc2ccn(-c3ccc(F)cc3)n2)C1.